The smallest absolute Gasteiger partial charge is 0.135 e. The van der Waals surface area contributed by atoms with Crippen LogP contribution in [0.1, 0.15) is 74.8 Å². The number of benzene rings is 1. The summed E-state index contributed by atoms with van der Waals surface area (Å²) in [6.07, 6.45) is 7.62. The zero-order chi connectivity index (χ0) is 20.7. The van der Waals surface area contributed by atoms with Crippen molar-refractivity contribution in [2.24, 2.45) is 0 Å². The van der Waals surface area contributed by atoms with Crippen molar-refractivity contribution >= 4 is 11.5 Å². The van der Waals surface area contributed by atoms with Crippen LogP contribution in [0.4, 0.5) is 11.5 Å². The minimum Gasteiger partial charge on any atom is -0.384 e. The third kappa shape index (κ3) is 3.27. The molecule has 0 radical (unpaired) electrons. The van der Waals surface area contributed by atoms with Crippen LogP contribution in [0, 0.1) is 0 Å². The molecule has 1 unspecified atom stereocenters. The maximum absolute atomic E-state index is 4.75. The minimum absolute atomic E-state index is 0.251. The van der Waals surface area contributed by atoms with Crippen LogP contribution in [0.5, 0.6) is 0 Å². The van der Waals surface area contributed by atoms with Crippen molar-refractivity contribution in [1.29, 1.82) is 0 Å². The van der Waals surface area contributed by atoms with Gasteiger partial charge in [0, 0.05) is 54.6 Å². The summed E-state index contributed by atoms with van der Waals surface area (Å²) < 4.78 is 0. The predicted molar refractivity (Wildman–Crippen MR) is 123 cm³/mol. The lowest BCUT2D eigenvalue weighted by Gasteiger charge is -2.41. The van der Waals surface area contributed by atoms with E-state index in [-0.39, 0.29) is 5.41 Å². The van der Waals surface area contributed by atoms with E-state index in [1.807, 2.05) is 0 Å². The molecule has 0 saturated carbocycles. The number of aromatic nitrogens is 2. The summed E-state index contributed by atoms with van der Waals surface area (Å²) in [7, 11) is 0. The Morgan fingerprint density at radius 1 is 1.27 bits per heavy atom. The highest BCUT2D eigenvalue weighted by atomic mass is 15.2. The zero-order valence-electron chi connectivity index (χ0n) is 18.7. The van der Waals surface area contributed by atoms with E-state index in [4.69, 9.17) is 4.98 Å². The summed E-state index contributed by atoms with van der Waals surface area (Å²) in [6, 6.07) is 7.35. The fraction of sp³-hybridized carbons (Fsp3) is 0.600. The topological polar surface area (TPSA) is 53.1 Å². The summed E-state index contributed by atoms with van der Waals surface area (Å²) in [5.41, 5.74) is 7.34. The number of piperidine rings is 1. The first-order valence-corrected chi connectivity index (χ1v) is 11.8. The van der Waals surface area contributed by atoms with E-state index < -0.39 is 0 Å². The molecule has 2 aromatic rings. The van der Waals surface area contributed by atoms with Gasteiger partial charge in [0.1, 0.15) is 12.1 Å². The second-order valence-corrected chi connectivity index (χ2v) is 9.65. The highest BCUT2D eigenvalue weighted by molar-refractivity contribution is 5.64. The highest BCUT2D eigenvalue weighted by Gasteiger charge is 2.43. The van der Waals surface area contributed by atoms with E-state index in [0.29, 0.717) is 12.0 Å². The Labute approximate surface area is 180 Å². The molecule has 5 rings (SSSR count). The van der Waals surface area contributed by atoms with E-state index in [0.717, 1.165) is 39.0 Å². The molecule has 1 aromatic heterocycles. The first kappa shape index (κ1) is 19.8. The summed E-state index contributed by atoms with van der Waals surface area (Å²) >= 11 is 0. The van der Waals surface area contributed by atoms with Gasteiger partial charge in [-0.2, -0.15) is 0 Å². The molecule has 2 N–H and O–H groups in total. The Bertz CT molecular complexity index is 916. The molecule has 2 aliphatic heterocycles. The van der Waals surface area contributed by atoms with Gasteiger partial charge in [0.05, 0.1) is 0 Å². The number of rotatable bonds is 5. The van der Waals surface area contributed by atoms with E-state index >= 15 is 0 Å². The number of nitrogens with zero attached hydrogens (tertiary/aromatic N) is 3. The third-order valence-electron chi connectivity index (χ3n) is 7.82. The second kappa shape index (κ2) is 7.84. The molecule has 1 saturated heterocycles. The van der Waals surface area contributed by atoms with Gasteiger partial charge in [-0.3, -0.25) is 0 Å². The quantitative estimate of drug-likeness (QED) is 0.773. The van der Waals surface area contributed by atoms with Crippen LogP contribution < -0.4 is 15.5 Å². The van der Waals surface area contributed by atoms with E-state index in [1.165, 1.54) is 47.6 Å². The standard InChI is InChI=1S/C25H35N5/c1-4-18(3)26-14-19-6-5-7-21-23(19)25(15-27-21)10-12-30(13-11-25)24-22-17(2)8-9-20(22)28-16-29-24/h5-7,16-18,26-27H,4,8-15H2,1-3H3/t17-,18?/m1/s1. The van der Waals surface area contributed by atoms with Gasteiger partial charge in [-0.15, -0.1) is 0 Å². The van der Waals surface area contributed by atoms with Gasteiger partial charge in [-0.1, -0.05) is 26.0 Å². The molecule has 30 heavy (non-hydrogen) atoms. The van der Waals surface area contributed by atoms with Crippen molar-refractivity contribution < 1.29 is 0 Å². The number of anilines is 2. The van der Waals surface area contributed by atoms with Gasteiger partial charge < -0.3 is 15.5 Å². The maximum Gasteiger partial charge on any atom is 0.135 e. The molecule has 0 amide bonds. The van der Waals surface area contributed by atoms with Crippen LogP contribution in [0.3, 0.4) is 0 Å². The number of hydrogen-bond acceptors (Lipinski definition) is 5. The first-order valence-electron chi connectivity index (χ1n) is 11.8. The first-order chi connectivity index (χ1) is 14.6. The molecular weight excluding hydrogens is 370 g/mol. The Morgan fingerprint density at radius 2 is 2.10 bits per heavy atom. The lowest BCUT2D eigenvalue weighted by molar-refractivity contribution is 0.357. The monoisotopic (exact) mass is 405 g/mol. The van der Waals surface area contributed by atoms with Crippen LogP contribution >= 0.6 is 0 Å². The number of nitrogens with one attached hydrogen (secondary N) is 2. The van der Waals surface area contributed by atoms with Crippen LogP contribution in [0.2, 0.25) is 0 Å². The second-order valence-electron chi connectivity index (χ2n) is 9.65. The lowest BCUT2D eigenvalue weighted by atomic mass is 9.72. The van der Waals surface area contributed by atoms with Crippen LogP contribution in [-0.2, 0) is 18.4 Å². The van der Waals surface area contributed by atoms with Crippen molar-refractivity contribution in [2.75, 3.05) is 29.9 Å². The van der Waals surface area contributed by atoms with Gasteiger partial charge in [-0.25, -0.2) is 9.97 Å². The molecule has 1 aliphatic carbocycles. The van der Waals surface area contributed by atoms with Crippen LogP contribution in [0.25, 0.3) is 0 Å². The Hall–Kier alpha value is -2.14. The Kier molecular flexibility index (Phi) is 5.18. The molecule has 2 atom stereocenters. The average Bonchev–Trinajstić information content (AvgIpc) is 3.34. The molecule has 0 bridgehead atoms. The molecule has 5 heteroatoms. The zero-order valence-corrected chi connectivity index (χ0v) is 18.7. The van der Waals surface area contributed by atoms with E-state index in [2.05, 4.69) is 59.5 Å². The maximum atomic E-state index is 4.75. The van der Waals surface area contributed by atoms with Crippen molar-refractivity contribution in [1.82, 2.24) is 15.3 Å². The van der Waals surface area contributed by atoms with E-state index in [9.17, 15) is 0 Å². The summed E-state index contributed by atoms with van der Waals surface area (Å²) in [4.78, 5) is 11.8. The van der Waals surface area contributed by atoms with Crippen molar-refractivity contribution in [3.8, 4) is 0 Å². The molecule has 5 nitrogen and oxygen atoms in total. The Morgan fingerprint density at radius 3 is 2.90 bits per heavy atom. The SMILES string of the molecule is CCC(C)NCc1cccc2c1C1(CCN(c3ncnc4c3[C@H](C)CC4)CC1)CN2. The normalized spacial score (nSPS) is 22.6. The number of aryl methyl sites for hydroxylation is 1. The molecular formula is C25H35N5. The van der Waals surface area contributed by atoms with Crippen LogP contribution in [0.15, 0.2) is 24.5 Å². The fourth-order valence-corrected chi connectivity index (χ4v) is 5.75. The van der Waals surface area contributed by atoms with Gasteiger partial charge in [0.25, 0.3) is 0 Å². The molecule has 1 aromatic carbocycles. The molecule has 160 valence electrons. The largest absolute Gasteiger partial charge is 0.384 e. The highest BCUT2D eigenvalue weighted by Crippen LogP contribution is 2.47. The average molecular weight is 406 g/mol. The summed E-state index contributed by atoms with van der Waals surface area (Å²) in [6.45, 7) is 11.0. The Balaban J connectivity index is 1.38. The van der Waals surface area contributed by atoms with Gasteiger partial charge >= 0.3 is 0 Å². The summed E-state index contributed by atoms with van der Waals surface area (Å²) in [5.74, 6) is 1.79. The van der Waals surface area contributed by atoms with Crippen molar-refractivity contribution in [3.63, 3.8) is 0 Å². The minimum atomic E-state index is 0.251. The molecule has 3 heterocycles. The van der Waals surface area contributed by atoms with Gasteiger partial charge in [0.15, 0.2) is 0 Å². The fourth-order valence-electron chi connectivity index (χ4n) is 5.75. The number of fused-ring (bicyclic) bond motifs is 3. The van der Waals surface area contributed by atoms with Crippen molar-refractivity contribution in [2.45, 2.75) is 76.8 Å². The third-order valence-corrected chi connectivity index (χ3v) is 7.82. The molecule has 1 spiro atoms. The predicted octanol–water partition coefficient (Wildman–Crippen LogP) is 4.38. The van der Waals surface area contributed by atoms with Gasteiger partial charge in [0.2, 0.25) is 0 Å². The molecule has 1 fully saturated rings. The summed E-state index contributed by atoms with van der Waals surface area (Å²) in [5, 5.41) is 7.45. The number of hydrogen-bond donors (Lipinski definition) is 2. The van der Waals surface area contributed by atoms with Gasteiger partial charge in [-0.05, 0) is 62.1 Å². The lowest BCUT2D eigenvalue weighted by Crippen LogP contribution is -2.45. The van der Waals surface area contributed by atoms with Crippen molar-refractivity contribution in [3.05, 3.63) is 46.9 Å². The molecule has 3 aliphatic rings. The van der Waals surface area contributed by atoms with Crippen LogP contribution in [-0.4, -0.2) is 35.6 Å². The van der Waals surface area contributed by atoms with E-state index in [1.54, 1.807) is 11.9 Å².